The summed E-state index contributed by atoms with van der Waals surface area (Å²) < 4.78 is 0. The van der Waals surface area contributed by atoms with Gasteiger partial charge in [-0.1, -0.05) is 19.0 Å². The zero-order valence-corrected chi connectivity index (χ0v) is 8.45. The summed E-state index contributed by atoms with van der Waals surface area (Å²) in [5.74, 6) is 0.303. The topological polar surface area (TPSA) is 61.8 Å². The van der Waals surface area contributed by atoms with Crippen molar-refractivity contribution < 1.29 is 5.21 Å². The van der Waals surface area contributed by atoms with E-state index in [0.29, 0.717) is 17.8 Å². The molecule has 1 aliphatic rings. The molecule has 1 saturated heterocycles. The molecule has 3 N–H and O–H groups in total. The molecule has 1 fully saturated rings. The van der Waals surface area contributed by atoms with E-state index in [0.717, 1.165) is 13.1 Å². The van der Waals surface area contributed by atoms with E-state index >= 15 is 0 Å². The number of nitrogens with two attached hydrogens (primary N) is 1. The summed E-state index contributed by atoms with van der Waals surface area (Å²) in [6.45, 7) is 7.18. The van der Waals surface area contributed by atoms with E-state index in [1.807, 2.05) is 0 Å². The van der Waals surface area contributed by atoms with Gasteiger partial charge >= 0.3 is 0 Å². The van der Waals surface area contributed by atoms with Crippen molar-refractivity contribution in [2.24, 2.45) is 16.3 Å². The molecule has 0 unspecified atom stereocenters. The molecule has 0 bridgehead atoms. The van der Waals surface area contributed by atoms with E-state index in [9.17, 15) is 0 Å². The Morgan fingerprint density at radius 3 is 2.85 bits per heavy atom. The Kier molecular flexibility index (Phi) is 3.14. The van der Waals surface area contributed by atoms with Crippen LogP contribution < -0.4 is 5.73 Å². The van der Waals surface area contributed by atoms with E-state index in [1.165, 1.54) is 12.8 Å². The molecular weight excluding hydrogens is 166 g/mol. The molecule has 0 spiro atoms. The minimum absolute atomic E-state index is 0.303. The van der Waals surface area contributed by atoms with Crippen molar-refractivity contribution in [2.75, 3.05) is 19.6 Å². The van der Waals surface area contributed by atoms with Crippen LogP contribution in [0.25, 0.3) is 0 Å². The van der Waals surface area contributed by atoms with Crippen molar-refractivity contribution in [1.82, 2.24) is 4.90 Å². The van der Waals surface area contributed by atoms with Crippen LogP contribution in [0, 0.1) is 5.41 Å². The largest absolute Gasteiger partial charge is 0.409 e. The van der Waals surface area contributed by atoms with Gasteiger partial charge in [0.25, 0.3) is 0 Å². The number of piperidine rings is 1. The summed E-state index contributed by atoms with van der Waals surface area (Å²) in [5.41, 5.74) is 5.82. The van der Waals surface area contributed by atoms with Crippen LogP contribution in [0.4, 0.5) is 0 Å². The summed E-state index contributed by atoms with van der Waals surface area (Å²) in [7, 11) is 0. The first-order valence-corrected chi connectivity index (χ1v) is 4.72. The Morgan fingerprint density at radius 2 is 2.31 bits per heavy atom. The predicted molar refractivity (Wildman–Crippen MR) is 52.9 cm³/mol. The molecule has 0 aromatic heterocycles. The van der Waals surface area contributed by atoms with Crippen molar-refractivity contribution in [3.05, 3.63) is 0 Å². The van der Waals surface area contributed by atoms with Gasteiger partial charge in [0, 0.05) is 6.54 Å². The van der Waals surface area contributed by atoms with Crippen molar-refractivity contribution in [2.45, 2.75) is 26.7 Å². The highest BCUT2D eigenvalue weighted by Crippen LogP contribution is 2.27. The van der Waals surface area contributed by atoms with E-state index < -0.39 is 0 Å². The fourth-order valence-corrected chi connectivity index (χ4v) is 1.94. The Balaban J connectivity index is 2.43. The van der Waals surface area contributed by atoms with Crippen molar-refractivity contribution in [3.63, 3.8) is 0 Å². The molecule has 1 rings (SSSR count). The van der Waals surface area contributed by atoms with E-state index in [1.54, 1.807) is 0 Å². The van der Waals surface area contributed by atoms with Crippen molar-refractivity contribution in [3.8, 4) is 0 Å². The lowest BCUT2D eigenvalue weighted by atomic mass is 9.84. The van der Waals surface area contributed by atoms with Crippen LogP contribution in [-0.4, -0.2) is 35.6 Å². The van der Waals surface area contributed by atoms with Gasteiger partial charge in [0.15, 0.2) is 5.84 Å². The minimum Gasteiger partial charge on any atom is -0.409 e. The SMILES string of the molecule is CC1(C)CCCN(CC(N)=NO)C1. The number of likely N-dealkylation sites (tertiary alicyclic amines) is 1. The van der Waals surface area contributed by atoms with Crippen LogP contribution in [0.15, 0.2) is 5.16 Å². The second kappa shape index (κ2) is 3.96. The number of hydrogen-bond donors (Lipinski definition) is 2. The fraction of sp³-hybridized carbons (Fsp3) is 0.889. The second-order valence-electron chi connectivity index (χ2n) is 4.57. The molecule has 0 aliphatic carbocycles. The Bertz CT molecular complexity index is 201. The summed E-state index contributed by atoms with van der Waals surface area (Å²) in [5, 5.41) is 11.4. The van der Waals surface area contributed by atoms with Crippen LogP contribution in [0.3, 0.4) is 0 Å². The molecule has 13 heavy (non-hydrogen) atoms. The molecule has 1 aliphatic heterocycles. The summed E-state index contributed by atoms with van der Waals surface area (Å²) in [6, 6.07) is 0. The van der Waals surface area contributed by atoms with Gasteiger partial charge in [-0.2, -0.15) is 0 Å². The lowest BCUT2D eigenvalue weighted by Gasteiger charge is -2.37. The smallest absolute Gasteiger partial charge is 0.153 e. The molecular formula is C9H19N3O. The maximum absolute atomic E-state index is 8.43. The van der Waals surface area contributed by atoms with Crippen molar-refractivity contribution in [1.29, 1.82) is 0 Å². The van der Waals surface area contributed by atoms with Gasteiger partial charge in [-0.25, -0.2) is 0 Å². The van der Waals surface area contributed by atoms with Crippen LogP contribution in [0.5, 0.6) is 0 Å². The standard InChI is InChI=1S/C9H19N3O/c1-9(2)4-3-5-12(7-9)6-8(10)11-13/h13H,3-7H2,1-2H3,(H2,10,11). The van der Waals surface area contributed by atoms with Gasteiger partial charge < -0.3 is 10.9 Å². The molecule has 0 radical (unpaired) electrons. The van der Waals surface area contributed by atoms with Gasteiger partial charge in [0.1, 0.15) is 0 Å². The number of amidine groups is 1. The molecule has 76 valence electrons. The first-order chi connectivity index (χ1) is 6.03. The third-order valence-corrected chi connectivity index (χ3v) is 2.49. The molecule has 4 heteroatoms. The van der Waals surface area contributed by atoms with Gasteiger partial charge in [-0.15, -0.1) is 0 Å². The van der Waals surface area contributed by atoms with Crippen LogP contribution in [-0.2, 0) is 0 Å². The number of hydrogen-bond acceptors (Lipinski definition) is 3. The lowest BCUT2D eigenvalue weighted by Crippen LogP contribution is -2.44. The highest BCUT2D eigenvalue weighted by atomic mass is 16.4. The van der Waals surface area contributed by atoms with Crippen LogP contribution >= 0.6 is 0 Å². The molecule has 0 aromatic carbocycles. The predicted octanol–water partition coefficient (Wildman–Crippen LogP) is 0.855. The third-order valence-electron chi connectivity index (χ3n) is 2.49. The molecule has 4 nitrogen and oxygen atoms in total. The van der Waals surface area contributed by atoms with Gasteiger partial charge in [0.05, 0.1) is 6.54 Å². The van der Waals surface area contributed by atoms with Crippen LogP contribution in [0.2, 0.25) is 0 Å². The maximum atomic E-state index is 8.43. The number of oxime groups is 1. The highest BCUT2D eigenvalue weighted by Gasteiger charge is 2.26. The Morgan fingerprint density at radius 1 is 1.62 bits per heavy atom. The summed E-state index contributed by atoms with van der Waals surface area (Å²) in [6.07, 6.45) is 2.46. The first kappa shape index (κ1) is 10.3. The highest BCUT2D eigenvalue weighted by molar-refractivity contribution is 5.81. The van der Waals surface area contributed by atoms with E-state index in [-0.39, 0.29) is 0 Å². The molecule has 0 atom stereocenters. The number of nitrogens with zero attached hydrogens (tertiary/aromatic N) is 2. The number of rotatable bonds is 2. The van der Waals surface area contributed by atoms with E-state index in [4.69, 9.17) is 10.9 Å². The van der Waals surface area contributed by atoms with Crippen LogP contribution in [0.1, 0.15) is 26.7 Å². The monoisotopic (exact) mass is 185 g/mol. The summed E-state index contributed by atoms with van der Waals surface area (Å²) >= 11 is 0. The average Bonchev–Trinajstić information content (AvgIpc) is 2.02. The lowest BCUT2D eigenvalue weighted by molar-refractivity contribution is 0.132. The second-order valence-corrected chi connectivity index (χ2v) is 4.57. The third kappa shape index (κ3) is 3.22. The van der Waals surface area contributed by atoms with Gasteiger partial charge in [-0.3, -0.25) is 4.90 Å². The molecule has 0 amide bonds. The Labute approximate surface area is 79.4 Å². The minimum atomic E-state index is 0.303. The van der Waals surface area contributed by atoms with Gasteiger partial charge in [-0.05, 0) is 24.8 Å². The van der Waals surface area contributed by atoms with Gasteiger partial charge in [0.2, 0.25) is 0 Å². The van der Waals surface area contributed by atoms with E-state index in [2.05, 4.69) is 23.9 Å². The molecule has 1 heterocycles. The molecule has 0 saturated carbocycles. The normalized spacial score (nSPS) is 24.6. The zero-order valence-electron chi connectivity index (χ0n) is 8.45. The van der Waals surface area contributed by atoms with Crippen molar-refractivity contribution >= 4 is 5.84 Å². The fourth-order valence-electron chi connectivity index (χ4n) is 1.94. The Hall–Kier alpha value is -0.770. The zero-order chi connectivity index (χ0) is 9.90. The average molecular weight is 185 g/mol. The first-order valence-electron chi connectivity index (χ1n) is 4.72. The summed E-state index contributed by atoms with van der Waals surface area (Å²) in [4.78, 5) is 2.23. The maximum Gasteiger partial charge on any atom is 0.153 e. The molecule has 0 aromatic rings. The quantitative estimate of drug-likeness (QED) is 0.290.